The quantitative estimate of drug-likeness (QED) is 0.845. The van der Waals surface area contributed by atoms with Crippen LogP contribution < -0.4 is 15.8 Å². The SMILES string of the molecule is CNC(=O)c1cc(Oc2c(N)cccc2Cl)ccn1. The van der Waals surface area contributed by atoms with Crippen LogP contribution >= 0.6 is 11.6 Å². The van der Waals surface area contributed by atoms with Crippen molar-refractivity contribution in [2.75, 3.05) is 12.8 Å². The Balaban J connectivity index is 2.31. The van der Waals surface area contributed by atoms with Gasteiger partial charge in [-0.3, -0.25) is 9.78 Å². The van der Waals surface area contributed by atoms with E-state index in [1.54, 1.807) is 24.3 Å². The highest BCUT2D eigenvalue weighted by atomic mass is 35.5. The number of amides is 1. The summed E-state index contributed by atoms with van der Waals surface area (Å²) >= 11 is 6.01. The van der Waals surface area contributed by atoms with E-state index in [0.29, 0.717) is 22.2 Å². The molecule has 1 aromatic carbocycles. The first kappa shape index (κ1) is 13.2. The number of hydrogen-bond acceptors (Lipinski definition) is 4. The lowest BCUT2D eigenvalue weighted by molar-refractivity contribution is 0.0958. The van der Waals surface area contributed by atoms with E-state index < -0.39 is 0 Å². The molecule has 0 unspecified atom stereocenters. The molecule has 0 radical (unpaired) electrons. The number of carbonyl (C=O) groups excluding carboxylic acids is 1. The van der Waals surface area contributed by atoms with E-state index >= 15 is 0 Å². The highest BCUT2D eigenvalue weighted by Gasteiger charge is 2.10. The summed E-state index contributed by atoms with van der Waals surface area (Å²) in [7, 11) is 1.53. The molecule has 2 rings (SSSR count). The van der Waals surface area contributed by atoms with Crippen LogP contribution in [0, 0.1) is 0 Å². The number of benzene rings is 1. The predicted molar refractivity (Wildman–Crippen MR) is 73.6 cm³/mol. The number of pyridine rings is 1. The number of nitrogen functional groups attached to an aromatic ring is 1. The molecule has 0 aliphatic heterocycles. The van der Waals surface area contributed by atoms with Gasteiger partial charge >= 0.3 is 0 Å². The van der Waals surface area contributed by atoms with E-state index in [1.807, 2.05) is 0 Å². The summed E-state index contributed by atoms with van der Waals surface area (Å²) in [6, 6.07) is 8.22. The van der Waals surface area contributed by atoms with Gasteiger partial charge in [-0.1, -0.05) is 17.7 Å². The zero-order chi connectivity index (χ0) is 13.8. The minimum Gasteiger partial charge on any atom is -0.453 e. The smallest absolute Gasteiger partial charge is 0.269 e. The lowest BCUT2D eigenvalue weighted by Crippen LogP contribution is -2.18. The normalized spacial score (nSPS) is 10.0. The van der Waals surface area contributed by atoms with Crippen molar-refractivity contribution in [3.8, 4) is 11.5 Å². The Kier molecular flexibility index (Phi) is 3.87. The molecule has 1 amide bonds. The van der Waals surface area contributed by atoms with Crippen LogP contribution in [0.1, 0.15) is 10.5 Å². The van der Waals surface area contributed by atoms with Gasteiger partial charge in [0, 0.05) is 19.3 Å². The maximum absolute atomic E-state index is 11.5. The second kappa shape index (κ2) is 5.58. The average molecular weight is 278 g/mol. The Morgan fingerprint density at radius 1 is 1.42 bits per heavy atom. The number of nitrogens with zero attached hydrogens (tertiary/aromatic N) is 1. The molecule has 0 spiro atoms. The summed E-state index contributed by atoms with van der Waals surface area (Å²) in [5.74, 6) is 0.504. The fourth-order valence-corrected chi connectivity index (χ4v) is 1.70. The van der Waals surface area contributed by atoms with Gasteiger partial charge in [0.2, 0.25) is 0 Å². The Morgan fingerprint density at radius 2 is 2.21 bits per heavy atom. The minimum absolute atomic E-state index is 0.255. The molecule has 19 heavy (non-hydrogen) atoms. The van der Waals surface area contributed by atoms with E-state index in [-0.39, 0.29) is 11.6 Å². The van der Waals surface area contributed by atoms with E-state index in [4.69, 9.17) is 22.1 Å². The highest BCUT2D eigenvalue weighted by molar-refractivity contribution is 6.32. The number of rotatable bonds is 3. The van der Waals surface area contributed by atoms with Crippen molar-refractivity contribution in [1.29, 1.82) is 0 Å². The molecule has 1 aromatic heterocycles. The van der Waals surface area contributed by atoms with Crippen molar-refractivity contribution in [3.05, 3.63) is 47.2 Å². The number of ether oxygens (including phenoxy) is 1. The van der Waals surface area contributed by atoms with Crippen molar-refractivity contribution in [2.45, 2.75) is 0 Å². The van der Waals surface area contributed by atoms with Gasteiger partial charge in [0.15, 0.2) is 5.75 Å². The van der Waals surface area contributed by atoms with Gasteiger partial charge in [-0.15, -0.1) is 0 Å². The fourth-order valence-electron chi connectivity index (χ4n) is 1.48. The number of nitrogens with one attached hydrogen (secondary N) is 1. The topological polar surface area (TPSA) is 77.2 Å². The lowest BCUT2D eigenvalue weighted by Gasteiger charge is -2.10. The van der Waals surface area contributed by atoms with E-state index in [1.165, 1.54) is 19.3 Å². The second-order valence-corrected chi connectivity index (χ2v) is 4.12. The van der Waals surface area contributed by atoms with E-state index in [9.17, 15) is 4.79 Å². The van der Waals surface area contributed by atoms with Crippen molar-refractivity contribution < 1.29 is 9.53 Å². The maximum atomic E-state index is 11.5. The zero-order valence-electron chi connectivity index (χ0n) is 10.2. The molecule has 0 aliphatic carbocycles. The Labute approximate surface area is 115 Å². The Hall–Kier alpha value is -2.27. The highest BCUT2D eigenvalue weighted by Crippen LogP contribution is 2.34. The number of carbonyl (C=O) groups is 1. The molecule has 0 atom stereocenters. The number of para-hydroxylation sites is 1. The molecule has 98 valence electrons. The number of anilines is 1. The summed E-state index contributed by atoms with van der Waals surface area (Å²) in [6.45, 7) is 0. The fraction of sp³-hybridized carbons (Fsp3) is 0.0769. The molecule has 0 aliphatic rings. The number of aromatic nitrogens is 1. The van der Waals surface area contributed by atoms with Crippen LogP contribution in [0.4, 0.5) is 5.69 Å². The molecule has 0 fully saturated rings. The van der Waals surface area contributed by atoms with Crippen LogP contribution in [-0.2, 0) is 0 Å². The third-order valence-electron chi connectivity index (χ3n) is 2.41. The van der Waals surface area contributed by atoms with Gasteiger partial charge < -0.3 is 15.8 Å². The number of nitrogens with two attached hydrogens (primary N) is 1. The second-order valence-electron chi connectivity index (χ2n) is 3.72. The summed E-state index contributed by atoms with van der Waals surface area (Å²) < 4.78 is 5.60. The molecule has 5 nitrogen and oxygen atoms in total. The van der Waals surface area contributed by atoms with Crippen LogP contribution in [0.5, 0.6) is 11.5 Å². The molecular formula is C13H12ClN3O2. The molecular weight excluding hydrogens is 266 g/mol. The first-order valence-electron chi connectivity index (χ1n) is 5.52. The number of hydrogen-bond donors (Lipinski definition) is 2. The lowest BCUT2D eigenvalue weighted by atomic mass is 10.3. The molecule has 2 aromatic rings. The van der Waals surface area contributed by atoms with Gasteiger partial charge in [-0.2, -0.15) is 0 Å². The average Bonchev–Trinajstić information content (AvgIpc) is 2.42. The summed E-state index contributed by atoms with van der Waals surface area (Å²) in [5, 5.41) is 2.89. The largest absolute Gasteiger partial charge is 0.453 e. The third-order valence-corrected chi connectivity index (χ3v) is 2.71. The Morgan fingerprint density at radius 3 is 2.89 bits per heavy atom. The minimum atomic E-state index is -0.294. The summed E-state index contributed by atoms with van der Waals surface area (Å²) in [5.41, 5.74) is 6.47. The van der Waals surface area contributed by atoms with Crippen LogP contribution in [0.3, 0.4) is 0 Å². The van der Waals surface area contributed by atoms with Crippen molar-refractivity contribution in [3.63, 3.8) is 0 Å². The molecule has 3 N–H and O–H groups in total. The molecule has 0 saturated carbocycles. The molecule has 0 saturated heterocycles. The Bertz CT molecular complexity index is 596. The molecule has 6 heteroatoms. The third kappa shape index (κ3) is 2.95. The maximum Gasteiger partial charge on any atom is 0.269 e. The van der Waals surface area contributed by atoms with Crippen LogP contribution in [0.2, 0.25) is 5.02 Å². The predicted octanol–water partition coefficient (Wildman–Crippen LogP) is 2.47. The molecule has 1 heterocycles. The zero-order valence-corrected chi connectivity index (χ0v) is 10.9. The van der Waals surface area contributed by atoms with Crippen molar-refractivity contribution in [2.24, 2.45) is 0 Å². The van der Waals surface area contributed by atoms with E-state index in [2.05, 4.69) is 10.3 Å². The molecule has 0 bridgehead atoms. The van der Waals surface area contributed by atoms with E-state index in [0.717, 1.165) is 0 Å². The van der Waals surface area contributed by atoms with Gasteiger partial charge in [-0.05, 0) is 18.2 Å². The van der Waals surface area contributed by atoms with Gasteiger partial charge in [0.25, 0.3) is 5.91 Å². The van der Waals surface area contributed by atoms with Crippen LogP contribution in [-0.4, -0.2) is 17.9 Å². The first-order valence-corrected chi connectivity index (χ1v) is 5.89. The van der Waals surface area contributed by atoms with Gasteiger partial charge in [-0.25, -0.2) is 0 Å². The number of halogens is 1. The van der Waals surface area contributed by atoms with Gasteiger partial charge in [0.1, 0.15) is 11.4 Å². The van der Waals surface area contributed by atoms with Crippen LogP contribution in [0.15, 0.2) is 36.5 Å². The first-order chi connectivity index (χ1) is 9.11. The monoisotopic (exact) mass is 277 g/mol. The van der Waals surface area contributed by atoms with Crippen molar-refractivity contribution in [1.82, 2.24) is 10.3 Å². The summed E-state index contributed by atoms with van der Waals surface area (Å²) in [4.78, 5) is 15.4. The summed E-state index contributed by atoms with van der Waals surface area (Å²) in [6.07, 6.45) is 1.48. The standard InChI is InChI=1S/C13H12ClN3O2/c1-16-13(18)11-7-8(5-6-17-11)19-12-9(14)3-2-4-10(12)15/h2-7H,15H2,1H3,(H,16,18). The van der Waals surface area contributed by atoms with Crippen LogP contribution in [0.25, 0.3) is 0 Å². The van der Waals surface area contributed by atoms with Crippen molar-refractivity contribution >= 4 is 23.2 Å². The van der Waals surface area contributed by atoms with Gasteiger partial charge in [0.05, 0.1) is 10.7 Å².